The van der Waals surface area contributed by atoms with Crippen LogP contribution in [0.1, 0.15) is 16.8 Å². The summed E-state index contributed by atoms with van der Waals surface area (Å²) in [7, 11) is -0.236. The molecule has 1 fully saturated rings. The lowest BCUT2D eigenvalue weighted by Crippen LogP contribution is -2.38. The molecule has 10 heteroatoms. The Morgan fingerprint density at radius 3 is 2.66 bits per heavy atom. The molecule has 4 rings (SSSR count). The molecule has 2 N–H and O–H groups in total. The molecular formula is C25H31N5O4S. The number of sulfonamides is 1. The summed E-state index contributed by atoms with van der Waals surface area (Å²) in [4.78, 5) is 21.5. The number of amides is 1. The molecule has 0 radical (unpaired) electrons. The van der Waals surface area contributed by atoms with E-state index in [-0.39, 0.29) is 10.8 Å². The highest BCUT2D eigenvalue weighted by Gasteiger charge is 2.20. The van der Waals surface area contributed by atoms with E-state index >= 15 is 0 Å². The van der Waals surface area contributed by atoms with Gasteiger partial charge < -0.3 is 15.0 Å². The molecule has 0 unspecified atom stereocenters. The molecule has 2 aromatic carbocycles. The summed E-state index contributed by atoms with van der Waals surface area (Å²) in [6, 6.07) is 13.6. The van der Waals surface area contributed by atoms with Crippen molar-refractivity contribution in [3.05, 3.63) is 60.3 Å². The van der Waals surface area contributed by atoms with Crippen LogP contribution in [-0.4, -0.2) is 77.7 Å². The Kier molecular flexibility index (Phi) is 7.84. The van der Waals surface area contributed by atoms with E-state index in [1.807, 2.05) is 31.1 Å². The van der Waals surface area contributed by atoms with Gasteiger partial charge in [0, 0.05) is 56.7 Å². The summed E-state index contributed by atoms with van der Waals surface area (Å²) in [6.45, 7) is 4.73. The van der Waals surface area contributed by atoms with Gasteiger partial charge in [0.2, 0.25) is 0 Å². The van der Waals surface area contributed by atoms with Crippen molar-refractivity contribution in [1.29, 1.82) is 0 Å². The van der Waals surface area contributed by atoms with Crippen LogP contribution in [0, 0.1) is 0 Å². The minimum Gasteiger partial charge on any atom is -0.379 e. The van der Waals surface area contributed by atoms with Crippen molar-refractivity contribution in [2.45, 2.75) is 11.3 Å². The first kappa shape index (κ1) is 24.9. The zero-order valence-corrected chi connectivity index (χ0v) is 20.8. The number of morpholine rings is 1. The van der Waals surface area contributed by atoms with Gasteiger partial charge in [-0.1, -0.05) is 18.2 Å². The highest BCUT2D eigenvalue weighted by Crippen LogP contribution is 2.27. The van der Waals surface area contributed by atoms with Crippen molar-refractivity contribution < 1.29 is 17.9 Å². The van der Waals surface area contributed by atoms with Gasteiger partial charge in [-0.3, -0.25) is 19.4 Å². The van der Waals surface area contributed by atoms with Crippen LogP contribution in [0.15, 0.2) is 59.6 Å². The van der Waals surface area contributed by atoms with Gasteiger partial charge in [0.1, 0.15) is 4.90 Å². The molecule has 1 amide bonds. The number of nitrogens with one attached hydrogen (secondary N) is 2. The van der Waals surface area contributed by atoms with E-state index in [1.54, 1.807) is 36.5 Å². The maximum absolute atomic E-state index is 13.2. The van der Waals surface area contributed by atoms with Crippen molar-refractivity contribution in [3.8, 4) is 0 Å². The molecule has 1 aliphatic heterocycles. The Labute approximate surface area is 206 Å². The topological polar surface area (TPSA) is 104 Å². The van der Waals surface area contributed by atoms with Crippen LogP contribution in [0.3, 0.4) is 0 Å². The van der Waals surface area contributed by atoms with Crippen molar-refractivity contribution in [2.24, 2.45) is 0 Å². The second-order valence-electron chi connectivity index (χ2n) is 8.63. The maximum Gasteiger partial charge on any atom is 0.264 e. The van der Waals surface area contributed by atoms with Crippen LogP contribution in [0.4, 0.5) is 11.4 Å². The number of pyridine rings is 1. The average molecular weight is 498 g/mol. The van der Waals surface area contributed by atoms with Gasteiger partial charge in [-0.15, -0.1) is 0 Å². The van der Waals surface area contributed by atoms with Crippen LogP contribution < -0.4 is 14.9 Å². The SMILES string of the molecule is CN(C)c1ccc(NS(=O)(=O)c2cccc3cccnc23)cc1C(=O)NCCCN1CCOCC1. The smallest absolute Gasteiger partial charge is 0.264 e. The number of hydrogen-bond donors (Lipinski definition) is 2. The third-order valence-electron chi connectivity index (χ3n) is 5.90. The normalized spacial score (nSPS) is 14.6. The van der Waals surface area contributed by atoms with Crippen LogP contribution in [0.2, 0.25) is 0 Å². The quantitative estimate of drug-likeness (QED) is 0.438. The van der Waals surface area contributed by atoms with E-state index < -0.39 is 10.0 Å². The van der Waals surface area contributed by atoms with E-state index in [9.17, 15) is 13.2 Å². The van der Waals surface area contributed by atoms with Crippen LogP contribution in [0.5, 0.6) is 0 Å². The second-order valence-corrected chi connectivity index (χ2v) is 10.3. The molecule has 0 atom stereocenters. The summed E-state index contributed by atoms with van der Waals surface area (Å²) < 4.78 is 34.4. The molecule has 1 saturated heterocycles. The second kappa shape index (κ2) is 11.0. The summed E-state index contributed by atoms with van der Waals surface area (Å²) in [5.41, 5.74) is 1.80. The van der Waals surface area contributed by atoms with Crippen molar-refractivity contribution in [2.75, 3.05) is 63.1 Å². The van der Waals surface area contributed by atoms with Gasteiger partial charge in [0.05, 0.1) is 24.3 Å². The number of para-hydroxylation sites is 1. The predicted molar refractivity (Wildman–Crippen MR) is 138 cm³/mol. The Morgan fingerprint density at radius 1 is 1.11 bits per heavy atom. The fraction of sp³-hybridized carbons (Fsp3) is 0.360. The first-order valence-electron chi connectivity index (χ1n) is 11.6. The standard InChI is InChI=1S/C25H31N5O4S/c1-29(2)22-10-9-20(18-21(22)25(31)27-12-5-13-30-14-16-34-17-15-30)28-35(32,33)23-8-3-6-19-7-4-11-26-24(19)23/h3-4,6-11,18,28H,5,12-17H2,1-2H3,(H,27,31). The van der Waals surface area contributed by atoms with Crippen LogP contribution in [0.25, 0.3) is 10.9 Å². The lowest BCUT2D eigenvalue weighted by atomic mass is 10.1. The molecule has 2 heterocycles. The van der Waals surface area contributed by atoms with E-state index in [2.05, 4.69) is 19.9 Å². The van der Waals surface area contributed by atoms with Crippen LogP contribution >= 0.6 is 0 Å². The molecule has 0 saturated carbocycles. The fourth-order valence-electron chi connectivity index (χ4n) is 4.10. The summed E-state index contributed by atoms with van der Waals surface area (Å²) in [5.74, 6) is -0.247. The number of nitrogens with zero attached hydrogens (tertiary/aromatic N) is 3. The number of carbonyl (C=O) groups is 1. The van der Waals surface area contributed by atoms with Gasteiger partial charge >= 0.3 is 0 Å². The highest BCUT2D eigenvalue weighted by molar-refractivity contribution is 7.93. The molecule has 0 aliphatic carbocycles. The molecule has 186 valence electrons. The van der Waals surface area contributed by atoms with Crippen molar-refractivity contribution in [3.63, 3.8) is 0 Å². The van der Waals surface area contributed by atoms with Gasteiger partial charge in [-0.05, 0) is 43.3 Å². The molecule has 3 aromatic rings. The van der Waals surface area contributed by atoms with Crippen LogP contribution in [-0.2, 0) is 14.8 Å². The van der Waals surface area contributed by atoms with E-state index in [1.165, 1.54) is 6.07 Å². The number of anilines is 2. The molecule has 35 heavy (non-hydrogen) atoms. The Bertz CT molecular complexity index is 1280. The lowest BCUT2D eigenvalue weighted by molar-refractivity contribution is 0.0374. The fourth-order valence-corrected chi connectivity index (χ4v) is 5.33. The summed E-state index contributed by atoms with van der Waals surface area (Å²) in [6.07, 6.45) is 2.39. The molecule has 0 bridgehead atoms. The number of ether oxygens (including phenoxy) is 1. The predicted octanol–water partition coefficient (Wildman–Crippen LogP) is 2.55. The lowest BCUT2D eigenvalue weighted by Gasteiger charge is -2.26. The molecule has 0 spiro atoms. The number of fused-ring (bicyclic) bond motifs is 1. The van der Waals surface area contributed by atoms with E-state index in [0.717, 1.165) is 44.7 Å². The van der Waals surface area contributed by atoms with E-state index in [0.29, 0.717) is 29.0 Å². The third-order valence-corrected chi connectivity index (χ3v) is 7.31. The zero-order valence-electron chi connectivity index (χ0n) is 20.0. The number of carbonyl (C=O) groups excluding carboxylic acids is 1. The van der Waals surface area contributed by atoms with Gasteiger partial charge in [-0.2, -0.15) is 0 Å². The summed E-state index contributed by atoms with van der Waals surface area (Å²) in [5, 5.41) is 3.70. The molecule has 1 aliphatic rings. The van der Waals surface area contributed by atoms with Gasteiger partial charge in [0.15, 0.2) is 0 Å². The Hall–Kier alpha value is -3.21. The van der Waals surface area contributed by atoms with Crippen molar-refractivity contribution >= 4 is 38.2 Å². The third kappa shape index (κ3) is 6.08. The number of benzene rings is 2. The largest absolute Gasteiger partial charge is 0.379 e. The Morgan fingerprint density at radius 2 is 1.89 bits per heavy atom. The minimum atomic E-state index is -3.92. The minimum absolute atomic E-state index is 0.0846. The molecular weight excluding hydrogens is 466 g/mol. The number of rotatable bonds is 9. The maximum atomic E-state index is 13.2. The first-order chi connectivity index (χ1) is 16.8. The first-order valence-corrected chi connectivity index (χ1v) is 13.1. The van der Waals surface area contributed by atoms with Gasteiger partial charge in [0.25, 0.3) is 15.9 Å². The van der Waals surface area contributed by atoms with E-state index in [4.69, 9.17) is 4.74 Å². The monoisotopic (exact) mass is 497 g/mol. The average Bonchev–Trinajstić information content (AvgIpc) is 2.86. The van der Waals surface area contributed by atoms with Gasteiger partial charge in [-0.25, -0.2) is 8.42 Å². The number of hydrogen-bond acceptors (Lipinski definition) is 7. The van der Waals surface area contributed by atoms with Crippen molar-refractivity contribution in [1.82, 2.24) is 15.2 Å². The Balaban J connectivity index is 1.49. The zero-order chi connectivity index (χ0) is 24.8. The molecule has 1 aromatic heterocycles. The summed E-state index contributed by atoms with van der Waals surface area (Å²) >= 11 is 0. The molecule has 9 nitrogen and oxygen atoms in total. The highest BCUT2D eigenvalue weighted by atomic mass is 32.2. The number of aromatic nitrogens is 1.